The van der Waals surface area contributed by atoms with Gasteiger partial charge in [0, 0.05) is 13.7 Å². The van der Waals surface area contributed by atoms with Gasteiger partial charge in [0.2, 0.25) is 0 Å². The molecule has 0 aromatic rings. The van der Waals surface area contributed by atoms with E-state index in [0.717, 1.165) is 0 Å². The smallest absolute Gasteiger partial charge is 0.320 e. The van der Waals surface area contributed by atoms with E-state index in [2.05, 4.69) is 5.32 Å². The Labute approximate surface area is 120 Å². The summed E-state index contributed by atoms with van der Waals surface area (Å²) < 4.78 is 20.7. The highest BCUT2D eigenvalue weighted by Gasteiger charge is 2.14. The molecule has 0 saturated heterocycles. The van der Waals surface area contributed by atoms with E-state index >= 15 is 0 Å². The van der Waals surface area contributed by atoms with Gasteiger partial charge in [-0.2, -0.15) is 0 Å². The first kappa shape index (κ1) is 19.3. The minimum Gasteiger partial charge on any atom is -0.480 e. The van der Waals surface area contributed by atoms with E-state index in [4.69, 9.17) is 24.1 Å². The fourth-order valence-electron chi connectivity index (χ4n) is 1.44. The molecule has 0 spiro atoms. The molecule has 2 N–H and O–H groups in total. The van der Waals surface area contributed by atoms with Crippen molar-refractivity contribution in [3.05, 3.63) is 0 Å². The zero-order chi connectivity index (χ0) is 15.1. The second kappa shape index (κ2) is 14.7. The maximum Gasteiger partial charge on any atom is 0.320 e. The van der Waals surface area contributed by atoms with E-state index in [9.17, 15) is 4.79 Å². The topological polar surface area (TPSA) is 86.3 Å². The third-order valence-electron chi connectivity index (χ3n) is 2.48. The maximum atomic E-state index is 10.8. The molecule has 120 valence electrons. The summed E-state index contributed by atoms with van der Waals surface area (Å²) in [7, 11) is 1.63. The molecular weight excluding hydrogens is 266 g/mol. The monoisotopic (exact) mass is 293 g/mol. The third-order valence-corrected chi connectivity index (χ3v) is 2.48. The summed E-state index contributed by atoms with van der Waals surface area (Å²) in [5.41, 5.74) is 0. The molecule has 0 fully saturated rings. The van der Waals surface area contributed by atoms with Crippen LogP contribution in [0.5, 0.6) is 0 Å². The highest BCUT2D eigenvalue weighted by molar-refractivity contribution is 5.73. The van der Waals surface area contributed by atoms with E-state index < -0.39 is 12.0 Å². The standard InChI is InChI=1S/C13H27NO6/c1-3-14-12(13(15)16)4-5-18-8-9-20-11-10-19-7-6-17-2/h12,14H,3-11H2,1-2H3,(H,15,16). The number of aliphatic carboxylic acids is 1. The van der Waals surface area contributed by atoms with Gasteiger partial charge in [-0.3, -0.25) is 4.79 Å². The molecule has 20 heavy (non-hydrogen) atoms. The van der Waals surface area contributed by atoms with Gasteiger partial charge < -0.3 is 29.4 Å². The molecule has 7 nitrogen and oxygen atoms in total. The number of ether oxygens (including phenoxy) is 4. The molecule has 0 saturated carbocycles. The van der Waals surface area contributed by atoms with Crippen LogP contribution in [-0.4, -0.2) is 77.0 Å². The molecule has 0 radical (unpaired) electrons. The van der Waals surface area contributed by atoms with Crippen molar-refractivity contribution in [2.24, 2.45) is 0 Å². The molecule has 0 aliphatic rings. The maximum absolute atomic E-state index is 10.8. The van der Waals surface area contributed by atoms with Crippen LogP contribution in [0.15, 0.2) is 0 Å². The van der Waals surface area contributed by atoms with Crippen LogP contribution in [0.2, 0.25) is 0 Å². The van der Waals surface area contributed by atoms with Crippen LogP contribution in [0.3, 0.4) is 0 Å². The summed E-state index contributed by atoms with van der Waals surface area (Å²) in [5, 5.41) is 11.8. The first-order valence-corrected chi connectivity index (χ1v) is 6.90. The summed E-state index contributed by atoms with van der Waals surface area (Å²) in [5.74, 6) is -0.847. The number of rotatable bonds is 15. The van der Waals surface area contributed by atoms with Crippen molar-refractivity contribution in [2.75, 3.05) is 59.9 Å². The molecule has 0 heterocycles. The van der Waals surface area contributed by atoms with E-state index in [1.807, 2.05) is 6.92 Å². The fraction of sp³-hybridized carbons (Fsp3) is 0.923. The van der Waals surface area contributed by atoms with Crippen molar-refractivity contribution < 1.29 is 28.8 Å². The van der Waals surface area contributed by atoms with Crippen molar-refractivity contribution in [1.82, 2.24) is 5.32 Å². The Bertz CT molecular complexity index is 227. The summed E-state index contributed by atoms with van der Waals surface area (Å²) in [6, 6.07) is -0.546. The molecule has 0 aliphatic carbocycles. The van der Waals surface area contributed by atoms with Gasteiger partial charge in [-0.05, 0) is 13.0 Å². The van der Waals surface area contributed by atoms with Gasteiger partial charge in [-0.1, -0.05) is 6.92 Å². The highest BCUT2D eigenvalue weighted by atomic mass is 16.6. The van der Waals surface area contributed by atoms with Crippen LogP contribution in [-0.2, 0) is 23.7 Å². The number of carboxylic acid groups (broad SMARTS) is 1. The molecule has 0 amide bonds. The predicted octanol–water partition coefficient (Wildman–Crippen LogP) is 0.135. The molecule has 0 aromatic carbocycles. The highest BCUT2D eigenvalue weighted by Crippen LogP contribution is 1.93. The van der Waals surface area contributed by atoms with E-state index in [1.54, 1.807) is 7.11 Å². The molecule has 0 rings (SSSR count). The van der Waals surface area contributed by atoms with Crippen molar-refractivity contribution in [2.45, 2.75) is 19.4 Å². The van der Waals surface area contributed by atoms with E-state index in [0.29, 0.717) is 59.2 Å². The van der Waals surface area contributed by atoms with Crippen LogP contribution in [0.1, 0.15) is 13.3 Å². The van der Waals surface area contributed by atoms with Crippen molar-refractivity contribution in [1.29, 1.82) is 0 Å². The lowest BCUT2D eigenvalue weighted by molar-refractivity contribution is -0.140. The van der Waals surface area contributed by atoms with E-state index in [1.165, 1.54) is 0 Å². The molecule has 0 aliphatic heterocycles. The van der Waals surface area contributed by atoms with E-state index in [-0.39, 0.29) is 0 Å². The quantitative estimate of drug-likeness (QED) is 0.415. The van der Waals surface area contributed by atoms with Gasteiger partial charge in [0.05, 0.1) is 39.6 Å². The number of likely N-dealkylation sites (N-methyl/N-ethyl adjacent to an activating group) is 1. The first-order valence-electron chi connectivity index (χ1n) is 6.90. The average Bonchev–Trinajstić information content (AvgIpc) is 2.43. The summed E-state index contributed by atoms with van der Waals surface area (Å²) in [6.45, 7) is 6.04. The van der Waals surface area contributed by atoms with Gasteiger partial charge in [0.1, 0.15) is 6.04 Å². The third kappa shape index (κ3) is 12.3. The Hall–Kier alpha value is -0.730. The second-order valence-corrected chi connectivity index (χ2v) is 4.07. The van der Waals surface area contributed by atoms with Gasteiger partial charge in [0.15, 0.2) is 0 Å². The second-order valence-electron chi connectivity index (χ2n) is 4.07. The first-order chi connectivity index (χ1) is 9.72. The van der Waals surface area contributed by atoms with Gasteiger partial charge in [-0.15, -0.1) is 0 Å². The number of methoxy groups -OCH3 is 1. The number of nitrogens with one attached hydrogen (secondary N) is 1. The summed E-state index contributed by atoms with van der Waals surface area (Å²) in [6.07, 6.45) is 0.448. The normalized spacial score (nSPS) is 12.5. The molecule has 0 bridgehead atoms. The van der Waals surface area contributed by atoms with Crippen molar-refractivity contribution >= 4 is 5.97 Å². The Morgan fingerprint density at radius 2 is 1.50 bits per heavy atom. The largest absolute Gasteiger partial charge is 0.480 e. The average molecular weight is 293 g/mol. The Morgan fingerprint density at radius 1 is 1.00 bits per heavy atom. The fourth-order valence-corrected chi connectivity index (χ4v) is 1.44. The molecule has 1 atom stereocenters. The lowest BCUT2D eigenvalue weighted by Crippen LogP contribution is -2.37. The molecule has 7 heteroatoms. The zero-order valence-corrected chi connectivity index (χ0v) is 12.4. The van der Waals surface area contributed by atoms with Crippen molar-refractivity contribution in [3.8, 4) is 0 Å². The number of carboxylic acids is 1. The lowest BCUT2D eigenvalue weighted by atomic mass is 10.2. The zero-order valence-electron chi connectivity index (χ0n) is 12.4. The number of hydrogen-bond donors (Lipinski definition) is 2. The molecule has 0 aromatic heterocycles. The van der Waals surface area contributed by atoms with Gasteiger partial charge in [0.25, 0.3) is 0 Å². The summed E-state index contributed by atoms with van der Waals surface area (Å²) >= 11 is 0. The van der Waals surface area contributed by atoms with Gasteiger partial charge in [-0.25, -0.2) is 0 Å². The Morgan fingerprint density at radius 3 is 1.95 bits per heavy atom. The van der Waals surface area contributed by atoms with Crippen LogP contribution >= 0.6 is 0 Å². The summed E-state index contributed by atoms with van der Waals surface area (Å²) in [4.78, 5) is 10.8. The lowest BCUT2D eigenvalue weighted by Gasteiger charge is -2.13. The van der Waals surface area contributed by atoms with Crippen LogP contribution in [0.25, 0.3) is 0 Å². The van der Waals surface area contributed by atoms with Crippen LogP contribution < -0.4 is 5.32 Å². The van der Waals surface area contributed by atoms with Crippen molar-refractivity contribution in [3.63, 3.8) is 0 Å². The number of carbonyl (C=O) groups is 1. The minimum atomic E-state index is -0.847. The number of hydrogen-bond acceptors (Lipinski definition) is 6. The van der Waals surface area contributed by atoms with Crippen LogP contribution in [0, 0.1) is 0 Å². The minimum absolute atomic E-state index is 0.400. The predicted molar refractivity (Wildman–Crippen MR) is 74.1 cm³/mol. The molecular formula is C13H27NO6. The Balaban J connectivity index is 3.25. The van der Waals surface area contributed by atoms with Gasteiger partial charge >= 0.3 is 5.97 Å². The Kier molecular flexibility index (Phi) is 14.1. The SMILES string of the molecule is CCNC(CCOCCOCCOCCOC)C(=O)O. The molecule has 1 unspecified atom stereocenters. The van der Waals surface area contributed by atoms with Crippen LogP contribution in [0.4, 0.5) is 0 Å².